The van der Waals surface area contributed by atoms with E-state index in [1.165, 1.54) is 36.4 Å². The fraction of sp³-hybridized carbons (Fsp3) is 0.391. The summed E-state index contributed by atoms with van der Waals surface area (Å²) in [5.74, 6) is -1.16. The summed E-state index contributed by atoms with van der Waals surface area (Å²) >= 11 is 0. The van der Waals surface area contributed by atoms with Crippen molar-refractivity contribution in [2.24, 2.45) is 5.92 Å². The highest BCUT2D eigenvalue weighted by Gasteiger charge is 2.34. The van der Waals surface area contributed by atoms with Gasteiger partial charge in [-0.25, -0.2) is 17.5 Å². The molecule has 1 fully saturated rings. The van der Waals surface area contributed by atoms with Crippen molar-refractivity contribution in [1.82, 2.24) is 9.62 Å². The van der Waals surface area contributed by atoms with Gasteiger partial charge in [0.2, 0.25) is 21.8 Å². The number of benzene rings is 2. The molecule has 0 aromatic heterocycles. The number of nitrogens with one attached hydrogen (secondary N) is 2. The second-order valence-corrected chi connectivity index (χ2v) is 9.78. The molecule has 1 saturated heterocycles. The van der Waals surface area contributed by atoms with E-state index in [4.69, 9.17) is 0 Å². The van der Waals surface area contributed by atoms with E-state index < -0.39 is 15.9 Å². The molecule has 2 N–H and O–H groups in total. The van der Waals surface area contributed by atoms with Crippen LogP contribution in [0.3, 0.4) is 0 Å². The molecule has 1 heterocycles. The van der Waals surface area contributed by atoms with E-state index in [2.05, 4.69) is 10.0 Å². The standard InChI is InChI=1S/C23H28FN3O4S/c1-3-16(2)26-32(30,31)21-10-8-20(9-11-21)25-23(29)18-14-22(28)27(15-18)13-12-17-4-6-19(24)7-5-17/h4-11,16,18,26H,3,12-15H2,1-2H3,(H,25,29). The van der Waals surface area contributed by atoms with Crippen LogP contribution < -0.4 is 10.0 Å². The zero-order valence-corrected chi connectivity index (χ0v) is 19.0. The number of amides is 2. The monoisotopic (exact) mass is 461 g/mol. The SMILES string of the molecule is CCC(C)NS(=O)(=O)c1ccc(NC(=O)C2CC(=O)N(CCc3ccc(F)cc3)C2)cc1. The van der Waals surface area contributed by atoms with Crippen LogP contribution in [0.25, 0.3) is 0 Å². The summed E-state index contributed by atoms with van der Waals surface area (Å²) in [6.07, 6.45) is 1.38. The third-order valence-corrected chi connectivity index (χ3v) is 7.18. The maximum Gasteiger partial charge on any atom is 0.240 e. The van der Waals surface area contributed by atoms with E-state index in [0.717, 1.165) is 5.56 Å². The molecule has 0 aliphatic carbocycles. The number of hydrogen-bond acceptors (Lipinski definition) is 4. The van der Waals surface area contributed by atoms with Crippen LogP contribution in [-0.4, -0.2) is 44.3 Å². The van der Waals surface area contributed by atoms with Gasteiger partial charge in [-0.1, -0.05) is 19.1 Å². The largest absolute Gasteiger partial charge is 0.342 e. The zero-order valence-electron chi connectivity index (χ0n) is 18.2. The number of nitrogens with zero attached hydrogens (tertiary/aromatic N) is 1. The van der Waals surface area contributed by atoms with Gasteiger partial charge in [-0.2, -0.15) is 0 Å². The summed E-state index contributed by atoms with van der Waals surface area (Å²) < 4.78 is 40.3. The normalized spacial score (nSPS) is 17.4. The van der Waals surface area contributed by atoms with Crippen molar-refractivity contribution >= 4 is 27.5 Å². The molecule has 2 aromatic rings. The Morgan fingerprint density at radius 1 is 1.16 bits per heavy atom. The summed E-state index contributed by atoms with van der Waals surface area (Å²) in [7, 11) is -3.61. The lowest BCUT2D eigenvalue weighted by molar-refractivity contribution is -0.128. The second kappa shape index (κ2) is 10.2. The van der Waals surface area contributed by atoms with Gasteiger partial charge in [0.15, 0.2) is 0 Å². The highest BCUT2D eigenvalue weighted by molar-refractivity contribution is 7.89. The third-order valence-electron chi connectivity index (χ3n) is 5.57. The predicted octanol–water partition coefficient (Wildman–Crippen LogP) is 2.93. The van der Waals surface area contributed by atoms with Crippen molar-refractivity contribution in [3.05, 3.63) is 59.9 Å². The van der Waals surface area contributed by atoms with E-state index in [1.54, 1.807) is 24.0 Å². The Kier molecular flexibility index (Phi) is 7.63. The fourth-order valence-electron chi connectivity index (χ4n) is 3.46. The van der Waals surface area contributed by atoms with Crippen molar-refractivity contribution in [2.75, 3.05) is 18.4 Å². The van der Waals surface area contributed by atoms with Crippen molar-refractivity contribution < 1.29 is 22.4 Å². The van der Waals surface area contributed by atoms with Crippen LogP contribution >= 0.6 is 0 Å². The average Bonchev–Trinajstić information content (AvgIpc) is 3.14. The Balaban J connectivity index is 1.54. The number of sulfonamides is 1. The molecule has 2 amide bonds. The van der Waals surface area contributed by atoms with Crippen LogP contribution in [0.1, 0.15) is 32.3 Å². The Morgan fingerprint density at radius 2 is 1.81 bits per heavy atom. The van der Waals surface area contributed by atoms with E-state index in [9.17, 15) is 22.4 Å². The molecule has 1 aliphatic rings. The third kappa shape index (κ3) is 6.14. The Labute approximate surface area is 188 Å². The number of halogens is 1. The van der Waals surface area contributed by atoms with Gasteiger partial charge >= 0.3 is 0 Å². The molecule has 0 bridgehead atoms. The van der Waals surface area contributed by atoms with E-state index in [1.807, 2.05) is 6.92 Å². The van der Waals surface area contributed by atoms with Gasteiger partial charge in [-0.15, -0.1) is 0 Å². The van der Waals surface area contributed by atoms with E-state index in [-0.39, 0.29) is 35.0 Å². The van der Waals surface area contributed by atoms with Gasteiger partial charge in [0, 0.05) is 31.2 Å². The highest BCUT2D eigenvalue weighted by atomic mass is 32.2. The molecular weight excluding hydrogens is 433 g/mol. The first-order valence-corrected chi connectivity index (χ1v) is 12.1. The summed E-state index contributed by atoms with van der Waals surface area (Å²) in [4.78, 5) is 26.7. The maximum atomic E-state index is 13.0. The molecule has 0 radical (unpaired) electrons. The van der Waals surface area contributed by atoms with Crippen molar-refractivity contribution in [2.45, 2.75) is 44.0 Å². The van der Waals surface area contributed by atoms with Crippen molar-refractivity contribution in [1.29, 1.82) is 0 Å². The number of carbonyl (C=O) groups excluding carboxylic acids is 2. The molecule has 3 rings (SSSR count). The maximum absolute atomic E-state index is 13.0. The summed E-state index contributed by atoms with van der Waals surface area (Å²) in [5.41, 5.74) is 1.39. The molecule has 0 saturated carbocycles. The predicted molar refractivity (Wildman–Crippen MR) is 120 cm³/mol. The Morgan fingerprint density at radius 3 is 2.44 bits per heavy atom. The van der Waals surface area contributed by atoms with Crippen molar-refractivity contribution in [3.8, 4) is 0 Å². The molecule has 2 atom stereocenters. The average molecular weight is 462 g/mol. The Bertz CT molecular complexity index is 1060. The fourth-order valence-corrected chi connectivity index (χ4v) is 4.78. The van der Waals surface area contributed by atoms with Gasteiger partial charge in [0.25, 0.3) is 0 Å². The molecule has 9 heteroatoms. The number of rotatable bonds is 9. The van der Waals surface area contributed by atoms with E-state index in [0.29, 0.717) is 31.6 Å². The summed E-state index contributed by atoms with van der Waals surface area (Å²) in [6, 6.07) is 11.9. The molecule has 32 heavy (non-hydrogen) atoms. The lowest BCUT2D eigenvalue weighted by Gasteiger charge is -2.17. The molecule has 2 aromatic carbocycles. The highest BCUT2D eigenvalue weighted by Crippen LogP contribution is 2.21. The van der Waals surface area contributed by atoms with Crippen LogP contribution in [-0.2, 0) is 26.0 Å². The number of hydrogen-bond donors (Lipinski definition) is 2. The minimum Gasteiger partial charge on any atom is -0.342 e. The second-order valence-electron chi connectivity index (χ2n) is 8.06. The first-order chi connectivity index (χ1) is 15.2. The van der Waals surface area contributed by atoms with Gasteiger partial charge in [-0.05, 0) is 61.7 Å². The lowest BCUT2D eigenvalue weighted by Crippen LogP contribution is -2.32. The molecule has 2 unspecified atom stereocenters. The van der Waals surface area contributed by atoms with Crippen LogP contribution in [0.4, 0.5) is 10.1 Å². The van der Waals surface area contributed by atoms with Gasteiger partial charge in [0.1, 0.15) is 5.82 Å². The quantitative estimate of drug-likeness (QED) is 0.600. The zero-order chi connectivity index (χ0) is 23.3. The van der Waals surface area contributed by atoms with Crippen LogP contribution in [0.15, 0.2) is 53.4 Å². The molecular formula is C23H28FN3O4S. The van der Waals surface area contributed by atoms with Crippen LogP contribution in [0, 0.1) is 11.7 Å². The number of likely N-dealkylation sites (tertiary alicyclic amines) is 1. The Hall–Kier alpha value is -2.78. The van der Waals surface area contributed by atoms with Gasteiger partial charge in [0.05, 0.1) is 10.8 Å². The smallest absolute Gasteiger partial charge is 0.240 e. The number of carbonyl (C=O) groups is 2. The topological polar surface area (TPSA) is 95.6 Å². The first kappa shape index (κ1) is 23.9. The van der Waals surface area contributed by atoms with Crippen LogP contribution in [0.5, 0.6) is 0 Å². The van der Waals surface area contributed by atoms with Crippen LogP contribution in [0.2, 0.25) is 0 Å². The minimum atomic E-state index is -3.61. The summed E-state index contributed by atoms with van der Waals surface area (Å²) in [6.45, 7) is 4.46. The summed E-state index contributed by atoms with van der Waals surface area (Å²) in [5, 5.41) is 2.76. The molecule has 7 nitrogen and oxygen atoms in total. The van der Waals surface area contributed by atoms with Gasteiger partial charge in [-0.3, -0.25) is 9.59 Å². The minimum absolute atomic E-state index is 0.0928. The lowest BCUT2D eigenvalue weighted by atomic mass is 10.1. The number of anilines is 1. The molecule has 172 valence electrons. The van der Waals surface area contributed by atoms with Gasteiger partial charge < -0.3 is 10.2 Å². The van der Waals surface area contributed by atoms with Crippen molar-refractivity contribution in [3.63, 3.8) is 0 Å². The first-order valence-electron chi connectivity index (χ1n) is 10.6. The molecule has 0 spiro atoms. The van der Waals surface area contributed by atoms with E-state index >= 15 is 0 Å². The molecule has 1 aliphatic heterocycles.